The molecule has 2 amide bonds. The number of carbonyl (C=O) groups is 1. The molecule has 2 aromatic rings. The molecule has 8 heteroatoms. The number of nitrogens with zero attached hydrogens (tertiary/aromatic N) is 2. The molecule has 1 heterocycles. The predicted octanol–water partition coefficient (Wildman–Crippen LogP) is 3.82. The van der Waals surface area contributed by atoms with Crippen molar-refractivity contribution in [1.82, 2.24) is 14.5 Å². The molecule has 0 spiro atoms. The molecule has 1 aliphatic carbocycles. The molecule has 1 saturated heterocycles. The van der Waals surface area contributed by atoms with Crippen LogP contribution >= 0.6 is 11.6 Å². The van der Waals surface area contributed by atoms with Crippen molar-refractivity contribution in [2.45, 2.75) is 30.7 Å². The van der Waals surface area contributed by atoms with Crippen LogP contribution in [0.25, 0.3) is 0 Å². The molecule has 0 aromatic heterocycles. The number of nitrogens with one attached hydrogen (secondary N) is 1. The van der Waals surface area contributed by atoms with E-state index in [-0.39, 0.29) is 12.1 Å². The molecule has 30 heavy (non-hydrogen) atoms. The molecule has 160 valence electrons. The maximum atomic E-state index is 12.9. The lowest BCUT2D eigenvalue weighted by Gasteiger charge is -2.35. The zero-order chi connectivity index (χ0) is 21.3. The Morgan fingerprint density at radius 1 is 1.00 bits per heavy atom. The standard InChI is InChI=1S/C22H26ClN3O3S/c1-16-2-10-20(11-3-16)30(28,29)26-14-12-25(13-15-26)22(27)24-21(17-4-5-17)18-6-8-19(23)9-7-18/h2-3,6-11,17,21H,4-5,12-15H2,1H3,(H,24,27)/t21-/m1/s1. The minimum absolute atomic E-state index is 0.0379. The van der Waals surface area contributed by atoms with Gasteiger partial charge < -0.3 is 10.2 Å². The van der Waals surface area contributed by atoms with Crippen molar-refractivity contribution in [2.75, 3.05) is 26.2 Å². The summed E-state index contributed by atoms with van der Waals surface area (Å²) < 4.78 is 27.2. The topological polar surface area (TPSA) is 69.7 Å². The molecule has 1 saturated carbocycles. The summed E-state index contributed by atoms with van der Waals surface area (Å²) in [6.07, 6.45) is 2.19. The number of piperazine rings is 1. The van der Waals surface area contributed by atoms with Crippen LogP contribution in [0.4, 0.5) is 4.79 Å². The molecule has 0 bridgehead atoms. The van der Waals surface area contributed by atoms with Crippen LogP contribution < -0.4 is 5.32 Å². The average molecular weight is 448 g/mol. The summed E-state index contributed by atoms with van der Waals surface area (Å²) in [5, 5.41) is 3.82. The van der Waals surface area contributed by atoms with Crippen LogP contribution in [0.3, 0.4) is 0 Å². The predicted molar refractivity (Wildman–Crippen MR) is 117 cm³/mol. The van der Waals surface area contributed by atoms with Gasteiger partial charge in [-0.3, -0.25) is 0 Å². The van der Waals surface area contributed by atoms with E-state index in [1.54, 1.807) is 29.2 Å². The first-order valence-electron chi connectivity index (χ1n) is 10.2. The molecule has 0 radical (unpaired) electrons. The van der Waals surface area contributed by atoms with Crippen LogP contribution in [0.1, 0.15) is 30.0 Å². The van der Waals surface area contributed by atoms with Crippen LogP contribution in [0.2, 0.25) is 5.02 Å². The highest BCUT2D eigenvalue weighted by Gasteiger charge is 2.35. The van der Waals surface area contributed by atoms with Gasteiger partial charge in [-0.25, -0.2) is 13.2 Å². The molecule has 2 aromatic carbocycles. The van der Waals surface area contributed by atoms with Gasteiger partial charge in [0.2, 0.25) is 10.0 Å². The third-order valence-electron chi connectivity index (χ3n) is 5.79. The van der Waals surface area contributed by atoms with Crippen molar-refractivity contribution in [3.63, 3.8) is 0 Å². The smallest absolute Gasteiger partial charge is 0.317 e. The monoisotopic (exact) mass is 447 g/mol. The third kappa shape index (κ3) is 4.63. The van der Waals surface area contributed by atoms with Gasteiger partial charge in [0, 0.05) is 31.2 Å². The quantitative estimate of drug-likeness (QED) is 0.757. The lowest BCUT2D eigenvalue weighted by molar-refractivity contribution is 0.167. The summed E-state index contributed by atoms with van der Waals surface area (Å²) in [4.78, 5) is 14.9. The van der Waals surface area contributed by atoms with Crippen LogP contribution in [0, 0.1) is 12.8 Å². The highest BCUT2D eigenvalue weighted by Crippen LogP contribution is 2.41. The van der Waals surface area contributed by atoms with E-state index in [1.165, 1.54) is 4.31 Å². The number of aryl methyl sites for hydroxylation is 1. The van der Waals surface area contributed by atoms with Crippen molar-refractivity contribution in [3.05, 3.63) is 64.7 Å². The van der Waals surface area contributed by atoms with Gasteiger partial charge in [0.25, 0.3) is 0 Å². The number of urea groups is 1. The Balaban J connectivity index is 1.38. The number of halogens is 1. The van der Waals surface area contributed by atoms with Gasteiger partial charge in [-0.15, -0.1) is 0 Å². The number of hydrogen-bond acceptors (Lipinski definition) is 3. The van der Waals surface area contributed by atoms with E-state index in [0.29, 0.717) is 42.0 Å². The lowest BCUT2D eigenvalue weighted by Crippen LogP contribution is -2.53. The van der Waals surface area contributed by atoms with E-state index in [1.807, 2.05) is 31.2 Å². The minimum atomic E-state index is -3.54. The Morgan fingerprint density at radius 2 is 1.60 bits per heavy atom. The highest BCUT2D eigenvalue weighted by molar-refractivity contribution is 7.89. The number of carbonyl (C=O) groups excluding carboxylic acids is 1. The molecule has 2 aliphatic rings. The maximum absolute atomic E-state index is 12.9. The van der Waals surface area contributed by atoms with E-state index in [4.69, 9.17) is 11.6 Å². The Morgan fingerprint density at radius 3 is 2.17 bits per heavy atom. The second kappa shape index (κ2) is 8.57. The summed E-state index contributed by atoms with van der Waals surface area (Å²) in [5.41, 5.74) is 2.07. The van der Waals surface area contributed by atoms with Crippen LogP contribution in [0.5, 0.6) is 0 Å². The normalized spacial score (nSPS) is 18.8. The first-order chi connectivity index (χ1) is 14.3. The van der Waals surface area contributed by atoms with Crippen molar-refractivity contribution < 1.29 is 13.2 Å². The van der Waals surface area contributed by atoms with E-state index >= 15 is 0 Å². The van der Waals surface area contributed by atoms with E-state index < -0.39 is 10.0 Å². The molecule has 6 nitrogen and oxygen atoms in total. The Labute approximate surface area is 182 Å². The molecule has 1 N–H and O–H groups in total. The molecule has 2 fully saturated rings. The molecule has 1 aliphatic heterocycles. The number of hydrogen-bond donors (Lipinski definition) is 1. The van der Waals surface area contributed by atoms with Crippen molar-refractivity contribution in [1.29, 1.82) is 0 Å². The van der Waals surface area contributed by atoms with E-state index in [2.05, 4.69) is 5.32 Å². The molecule has 1 atom stereocenters. The zero-order valence-corrected chi connectivity index (χ0v) is 18.5. The fourth-order valence-electron chi connectivity index (χ4n) is 3.79. The van der Waals surface area contributed by atoms with Gasteiger partial charge in [0.05, 0.1) is 10.9 Å². The largest absolute Gasteiger partial charge is 0.331 e. The second-order valence-electron chi connectivity index (χ2n) is 8.02. The SMILES string of the molecule is Cc1ccc(S(=O)(=O)N2CCN(C(=O)N[C@@H](c3ccc(Cl)cc3)C3CC3)CC2)cc1. The van der Waals surface area contributed by atoms with Gasteiger partial charge in [-0.1, -0.05) is 41.4 Å². The fourth-order valence-corrected chi connectivity index (χ4v) is 5.34. The summed E-state index contributed by atoms with van der Waals surface area (Å²) in [7, 11) is -3.54. The fraction of sp³-hybridized carbons (Fsp3) is 0.409. The van der Waals surface area contributed by atoms with E-state index in [9.17, 15) is 13.2 Å². The maximum Gasteiger partial charge on any atom is 0.317 e. The summed E-state index contributed by atoms with van der Waals surface area (Å²) in [6, 6.07) is 14.3. The van der Waals surface area contributed by atoms with Gasteiger partial charge in [0.1, 0.15) is 0 Å². The average Bonchev–Trinajstić information content (AvgIpc) is 3.58. The molecular formula is C22H26ClN3O3S. The second-order valence-corrected chi connectivity index (χ2v) is 10.4. The van der Waals surface area contributed by atoms with Gasteiger partial charge >= 0.3 is 6.03 Å². The third-order valence-corrected chi connectivity index (χ3v) is 7.95. The summed E-state index contributed by atoms with van der Waals surface area (Å²) in [6.45, 7) is 3.24. The lowest BCUT2D eigenvalue weighted by atomic mass is 10.0. The number of sulfonamides is 1. The van der Waals surface area contributed by atoms with Crippen LogP contribution in [0.15, 0.2) is 53.4 Å². The van der Waals surface area contributed by atoms with Crippen LogP contribution in [-0.2, 0) is 10.0 Å². The van der Waals surface area contributed by atoms with Gasteiger partial charge in [0.15, 0.2) is 0 Å². The number of benzene rings is 2. The Bertz CT molecular complexity index is 997. The molecule has 4 rings (SSSR count). The summed E-state index contributed by atoms with van der Waals surface area (Å²) >= 11 is 5.99. The van der Waals surface area contributed by atoms with E-state index in [0.717, 1.165) is 24.0 Å². The minimum Gasteiger partial charge on any atom is -0.331 e. The highest BCUT2D eigenvalue weighted by atomic mass is 35.5. The summed E-state index contributed by atoms with van der Waals surface area (Å²) in [5.74, 6) is 0.443. The molecular weight excluding hydrogens is 422 g/mol. The van der Waals surface area contributed by atoms with Gasteiger partial charge in [-0.2, -0.15) is 4.31 Å². The zero-order valence-electron chi connectivity index (χ0n) is 16.9. The van der Waals surface area contributed by atoms with Crippen molar-refractivity contribution >= 4 is 27.7 Å². The Hall–Kier alpha value is -2.09. The first-order valence-corrected chi connectivity index (χ1v) is 12.0. The van der Waals surface area contributed by atoms with Crippen LogP contribution in [-0.4, -0.2) is 49.8 Å². The van der Waals surface area contributed by atoms with Gasteiger partial charge in [-0.05, 0) is 55.5 Å². The number of rotatable bonds is 5. The van der Waals surface area contributed by atoms with Crippen molar-refractivity contribution in [2.24, 2.45) is 5.92 Å². The Kier molecular flexibility index (Phi) is 6.04. The first kappa shape index (κ1) is 21.2. The van der Waals surface area contributed by atoms with Crippen molar-refractivity contribution in [3.8, 4) is 0 Å². The number of amides is 2. The molecule has 0 unspecified atom stereocenters.